The van der Waals surface area contributed by atoms with Crippen molar-refractivity contribution in [2.45, 2.75) is 11.9 Å². The van der Waals surface area contributed by atoms with Crippen molar-refractivity contribution in [1.29, 1.82) is 0 Å². The van der Waals surface area contributed by atoms with Gasteiger partial charge in [0.05, 0.1) is 25.7 Å². The molecule has 1 amide bonds. The number of hydrogen-bond acceptors (Lipinski definition) is 5. The summed E-state index contributed by atoms with van der Waals surface area (Å²) in [5.41, 5.74) is 4.64. The van der Waals surface area contributed by atoms with Crippen LogP contribution in [-0.2, 0) is 4.79 Å². The Bertz CT molecular complexity index is 1240. The number of thioether (sulfide) groups is 1. The molecule has 0 unspecified atom stereocenters. The van der Waals surface area contributed by atoms with Gasteiger partial charge in [-0.2, -0.15) is 0 Å². The highest BCUT2D eigenvalue weighted by molar-refractivity contribution is 8.00. The van der Waals surface area contributed by atoms with Crippen LogP contribution in [0.25, 0.3) is 22.6 Å². The number of imidazole rings is 1. The van der Waals surface area contributed by atoms with Gasteiger partial charge in [-0.25, -0.2) is 4.98 Å². The van der Waals surface area contributed by atoms with Crippen LogP contribution in [0.3, 0.4) is 0 Å². The number of carbonyl (C=O) groups is 1. The number of rotatable bonds is 8. The third-order valence-corrected chi connectivity index (χ3v) is 6.04. The van der Waals surface area contributed by atoms with Crippen LogP contribution in [0.4, 0.5) is 5.69 Å². The molecule has 0 aliphatic rings. The van der Waals surface area contributed by atoms with Gasteiger partial charge < -0.3 is 19.8 Å². The summed E-state index contributed by atoms with van der Waals surface area (Å²) >= 11 is 1.38. The lowest BCUT2D eigenvalue weighted by atomic mass is 10.1. The molecule has 0 fully saturated rings. The Labute approximate surface area is 197 Å². The standard InChI is InChI=1S/C26H25N3O3S/c1-17-9-11-18(12-10-17)25-28-24(19-13-14-21(31-2)22(15-19)32-3)26(29-25)33-16-23(30)27-20-7-5-4-6-8-20/h4-15H,16H2,1-3H3,(H,27,30)(H,28,29). The van der Waals surface area contributed by atoms with Gasteiger partial charge in [0.25, 0.3) is 0 Å². The van der Waals surface area contributed by atoms with Gasteiger partial charge in [-0.1, -0.05) is 59.8 Å². The highest BCUT2D eigenvalue weighted by Gasteiger charge is 2.17. The third-order valence-electron chi connectivity index (χ3n) is 5.07. The van der Waals surface area contributed by atoms with E-state index in [1.165, 1.54) is 17.3 Å². The van der Waals surface area contributed by atoms with E-state index in [2.05, 4.69) is 10.3 Å². The van der Waals surface area contributed by atoms with Gasteiger partial charge in [-0.05, 0) is 37.3 Å². The Morgan fingerprint density at radius 2 is 1.64 bits per heavy atom. The molecule has 0 aliphatic heterocycles. The molecule has 0 saturated carbocycles. The lowest BCUT2D eigenvalue weighted by Crippen LogP contribution is -2.13. The topological polar surface area (TPSA) is 76.2 Å². The monoisotopic (exact) mass is 459 g/mol. The molecule has 7 heteroatoms. The van der Waals surface area contributed by atoms with E-state index < -0.39 is 0 Å². The number of H-pyrrole nitrogens is 1. The van der Waals surface area contributed by atoms with E-state index in [1.54, 1.807) is 14.2 Å². The largest absolute Gasteiger partial charge is 0.493 e. The Hall–Kier alpha value is -3.71. The molecule has 0 spiro atoms. The third kappa shape index (κ3) is 5.38. The van der Waals surface area contributed by atoms with Crippen LogP contribution in [0.15, 0.2) is 77.8 Å². The van der Waals surface area contributed by atoms with E-state index in [0.29, 0.717) is 11.5 Å². The highest BCUT2D eigenvalue weighted by atomic mass is 32.2. The number of methoxy groups -OCH3 is 2. The highest BCUT2D eigenvalue weighted by Crippen LogP contribution is 2.37. The van der Waals surface area contributed by atoms with Crippen LogP contribution < -0.4 is 14.8 Å². The Morgan fingerprint density at radius 1 is 0.939 bits per heavy atom. The lowest BCUT2D eigenvalue weighted by Gasteiger charge is -2.10. The molecule has 168 valence electrons. The fourth-order valence-corrected chi connectivity index (χ4v) is 4.16. The molecule has 0 atom stereocenters. The minimum absolute atomic E-state index is 0.0932. The van der Waals surface area contributed by atoms with Gasteiger partial charge in [0.2, 0.25) is 5.91 Å². The van der Waals surface area contributed by atoms with Crippen molar-refractivity contribution in [2.24, 2.45) is 0 Å². The minimum Gasteiger partial charge on any atom is -0.493 e. The number of nitrogens with one attached hydrogen (secondary N) is 2. The molecule has 6 nitrogen and oxygen atoms in total. The second-order valence-electron chi connectivity index (χ2n) is 7.40. The van der Waals surface area contributed by atoms with Crippen molar-refractivity contribution in [1.82, 2.24) is 9.97 Å². The van der Waals surface area contributed by atoms with Crippen LogP contribution in [0, 0.1) is 6.92 Å². The first-order chi connectivity index (χ1) is 16.1. The molecular weight excluding hydrogens is 434 g/mol. The molecule has 1 heterocycles. The first-order valence-corrected chi connectivity index (χ1v) is 11.4. The molecule has 2 N–H and O–H groups in total. The van der Waals surface area contributed by atoms with E-state index in [0.717, 1.165) is 33.4 Å². The molecule has 0 aliphatic carbocycles. The number of ether oxygens (including phenoxy) is 2. The number of aryl methyl sites for hydroxylation is 1. The van der Waals surface area contributed by atoms with Gasteiger partial charge in [0.15, 0.2) is 11.5 Å². The molecule has 0 saturated heterocycles. The number of anilines is 1. The molecular formula is C26H25N3O3S. The maximum Gasteiger partial charge on any atom is 0.234 e. The first kappa shape index (κ1) is 22.5. The van der Waals surface area contributed by atoms with Crippen molar-refractivity contribution in [2.75, 3.05) is 25.3 Å². The molecule has 3 aromatic carbocycles. The van der Waals surface area contributed by atoms with Gasteiger partial charge >= 0.3 is 0 Å². The van der Waals surface area contributed by atoms with E-state index >= 15 is 0 Å². The van der Waals surface area contributed by atoms with Crippen molar-refractivity contribution >= 4 is 23.4 Å². The molecule has 33 heavy (non-hydrogen) atoms. The van der Waals surface area contributed by atoms with E-state index in [9.17, 15) is 4.79 Å². The second kappa shape index (κ2) is 10.3. The normalized spacial score (nSPS) is 10.6. The van der Waals surface area contributed by atoms with Gasteiger partial charge in [-0.15, -0.1) is 0 Å². The lowest BCUT2D eigenvalue weighted by molar-refractivity contribution is -0.113. The number of aromatic amines is 1. The van der Waals surface area contributed by atoms with E-state index in [1.807, 2.05) is 79.7 Å². The van der Waals surface area contributed by atoms with Crippen molar-refractivity contribution < 1.29 is 14.3 Å². The maximum atomic E-state index is 12.5. The smallest absolute Gasteiger partial charge is 0.234 e. The maximum absolute atomic E-state index is 12.5. The fraction of sp³-hybridized carbons (Fsp3) is 0.154. The summed E-state index contributed by atoms with van der Waals surface area (Å²) in [5.74, 6) is 2.15. The van der Waals surface area contributed by atoms with Gasteiger partial charge in [0, 0.05) is 16.8 Å². The van der Waals surface area contributed by atoms with Crippen molar-refractivity contribution in [3.05, 3.63) is 78.4 Å². The number of benzene rings is 3. The molecule has 4 rings (SSSR count). The zero-order valence-electron chi connectivity index (χ0n) is 18.7. The molecule has 0 bridgehead atoms. The number of aromatic nitrogens is 2. The SMILES string of the molecule is COc1ccc(-c2[nH]c(-c3ccc(C)cc3)nc2SCC(=O)Nc2ccccc2)cc1OC. The van der Waals surface area contributed by atoms with Crippen LogP contribution in [0.1, 0.15) is 5.56 Å². The number of amides is 1. The predicted octanol–water partition coefficient (Wildman–Crippen LogP) is 5.80. The average molecular weight is 460 g/mol. The number of para-hydroxylation sites is 1. The molecule has 1 aromatic heterocycles. The zero-order valence-corrected chi connectivity index (χ0v) is 19.5. The fourth-order valence-electron chi connectivity index (χ4n) is 3.35. The Kier molecular flexibility index (Phi) is 7.00. The summed E-state index contributed by atoms with van der Waals surface area (Å²) in [4.78, 5) is 20.8. The van der Waals surface area contributed by atoms with E-state index in [4.69, 9.17) is 14.5 Å². The van der Waals surface area contributed by atoms with Crippen LogP contribution >= 0.6 is 11.8 Å². The van der Waals surface area contributed by atoms with Gasteiger partial charge in [-0.3, -0.25) is 4.79 Å². The number of carbonyl (C=O) groups excluding carboxylic acids is 1. The zero-order chi connectivity index (χ0) is 23.2. The summed E-state index contributed by atoms with van der Waals surface area (Å²) in [6, 6.07) is 23.3. The summed E-state index contributed by atoms with van der Waals surface area (Å²) in [5, 5.41) is 3.65. The predicted molar refractivity (Wildman–Crippen MR) is 133 cm³/mol. The van der Waals surface area contributed by atoms with Gasteiger partial charge in [0.1, 0.15) is 10.9 Å². The summed E-state index contributed by atoms with van der Waals surface area (Å²) in [6.45, 7) is 2.05. The summed E-state index contributed by atoms with van der Waals surface area (Å²) < 4.78 is 10.8. The minimum atomic E-state index is -0.0932. The Balaban J connectivity index is 1.64. The van der Waals surface area contributed by atoms with Crippen LogP contribution in [0.2, 0.25) is 0 Å². The van der Waals surface area contributed by atoms with E-state index in [-0.39, 0.29) is 11.7 Å². The quantitative estimate of drug-likeness (QED) is 0.326. The summed E-state index contributed by atoms with van der Waals surface area (Å²) in [6.07, 6.45) is 0. The van der Waals surface area contributed by atoms with Crippen molar-refractivity contribution in [3.63, 3.8) is 0 Å². The molecule has 0 radical (unpaired) electrons. The average Bonchev–Trinajstić information content (AvgIpc) is 3.27. The first-order valence-electron chi connectivity index (χ1n) is 10.4. The number of hydrogen-bond donors (Lipinski definition) is 2. The van der Waals surface area contributed by atoms with Crippen molar-refractivity contribution in [3.8, 4) is 34.1 Å². The summed E-state index contributed by atoms with van der Waals surface area (Å²) in [7, 11) is 3.21. The van der Waals surface area contributed by atoms with Crippen LogP contribution in [-0.4, -0.2) is 35.8 Å². The Morgan fingerprint density at radius 3 is 2.33 bits per heavy atom. The number of nitrogens with zero attached hydrogens (tertiary/aromatic N) is 1. The second-order valence-corrected chi connectivity index (χ2v) is 8.37. The van der Waals surface area contributed by atoms with Crippen LogP contribution in [0.5, 0.6) is 11.5 Å². The molecule has 4 aromatic rings.